The molecule has 11 rings (SSSR count). The molecule has 22 heteroatoms. The van der Waals surface area contributed by atoms with Gasteiger partial charge in [-0.3, -0.25) is 4.79 Å². The third kappa shape index (κ3) is 27.8. The predicted molar refractivity (Wildman–Crippen MR) is 380 cm³/mol. The molecule has 6 aromatic rings. The molecule has 0 aliphatic carbocycles. The third-order valence-electron chi connectivity index (χ3n) is 15.0. The molecule has 5 aliphatic heterocycles. The van der Waals surface area contributed by atoms with Crippen molar-refractivity contribution in [2.45, 2.75) is 130 Å². The van der Waals surface area contributed by atoms with Crippen LogP contribution >= 0.6 is 0 Å². The van der Waals surface area contributed by atoms with Gasteiger partial charge in [0.05, 0.1) is 0 Å². The van der Waals surface area contributed by atoms with Gasteiger partial charge in [0.1, 0.15) is 28.3 Å². The number of carbonyl (C=O) groups excluding carboxylic acids is 4. The average molecular weight is 1370 g/mol. The second-order valence-electron chi connectivity index (χ2n) is 26.5. The highest BCUT2D eigenvalue weighted by Gasteiger charge is 2.49. The van der Waals surface area contributed by atoms with Crippen LogP contribution in [0.3, 0.4) is 0 Å². The van der Waals surface area contributed by atoms with Crippen LogP contribution in [-0.4, -0.2) is 152 Å². The number of halogens is 3. The summed E-state index contributed by atoms with van der Waals surface area (Å²) in [6, 6.07) is 55.5. The largest absolute Gasteiger partial charge is 0.534 e. The Kier molecular flexibility index (Phi) is 30.0. The summed E-state index contributed by atoms with van der Waals surface area (Å²) in [6.45, 7) is 22.5. The Hall–Kier alpha value is -8.54. The second-order valence-corrected chi connectivity index (χ2v) is 28.0. The number of benzene rings is 6. The minimum Gasteiger partial charge on any atom is -0.444 e. The highest BCUT2D eigenvalue weighted by atomic mass is 32.2. The number of ketones is 1. The fourth-order valence-corrected chi connectivity index (χ4v) is 10.6. The lowest BCUT2D eigenvalue weighted by Crippen LogP contribution is -2.41. The van der Waals surface area contributed by atoms with Crippen molar-refractivity contribution in [3.8, 4) is 33.4 Å². The summed E-state index contributed by atoms with van der Waals surface area (Å²) < 4.78 is 82.8. The number of ether oxygens (including phenoxy) is 4. The van der Waals surface area contributed by atoms with Gasteiger partial charge in [-0.15, -0.1) is 0 Å². The van der Waals surface area contributed by atoms with Crippen LogP contribution in [0.15, 0.2) is 188 Å². The van der Waals surface area contributed by atoms with Crippen LogP contribution in [0.1, 0.15) is 118 Å². The van der Waals surface area contributed by atoms with Crippen LogP contribution < -0.4 is 10.8 Å². The Morgan fingerprint density at radius 1 is 0.480 bits per heavy atom. The summed E-state index contributed by atoms with van der Waals surface area (Å²) >= 11 is 0. The van der Waals surface area contributed by atoms with E-state index in [1.807, 2.05) is 90.1 Å². The average Bonchev–Trinajstić information content (AvgIpc) is 0.985. The molecule has 0 atom stereocenters. The van der Waals surface area contributed by atoms with E-state index in [1.165, 1.54) is 62.3 Å². The number of amides is 3. The second kappa shape index (κ2) is 37.4. The minimum atomic E-state index is -5.67. The maximum absolute atomic E-state index is 12.2. The van der Waals surface area contributed by atoms with Gasteiger partial charge < -0.3 is 53.2 Å². The molecule has 2 saturated heterocycles. The van der Waals surface area contributed by atoms with Crippen molar-refractivity contribution < 1.29 is 73.9 Å². The summed E-state index contributed by atoms with van der Waals surface area (Å²) in [7, 11) is -7.08. The first kappa shape index (κ1) is 78.5. The van der Waals surface area contributed by atoms with E-state index < -0.39 is 45.6 Å². The summed E-state index contributed by atoms with van der Waals surface area (Å²) in [5, 5.41) is 21.5. The molecular weight excluding hydrogens is 1280 g/mol. The third-order valence-corrected chi connectivity index (χ3v) is 16.0. The Morgan fingerprint density at radius 3 is 1.23 bits per heavy atom. The fraction of sp³-hybridized carbons (Fsp3) is 0.395. The molecule has 6 aromatic carbocycles. The van der Waals surface area contributed by atoms with Gasteiger partial charge in [-0.2, -0.15) is 21.6 Å². The molecular formula is C76H94BF3N4O13S. The van der Waals surface area contributed by atoms with Crippen LogP contribution in [-0.2, 0) is 38.0 Å². The van der Waals surface area contributed by atoms with Crippen molar-refractivity contribution in [2.24, 2.45) is 0 Å². The molecule has 0 spiro atoms. The monoisotopic (exact) mass is 1370 g/mol. The molecule has 98 heavy (non-hydrogen) atoms. The summed E-state index contributed by atoms with van der Waals surface area (Å²) in [4.78, 5) is 50.9. The van der Waals surface area contributed by atoms with E-state index in [0.717, 1.165) is 56.3 Å². The highest BCUT2D eigenvalue weighted by molar-refractivity contribution is 7.87. The Morgan fingerprint density at radius 2 is 0.867 bits per heavy atom. The number of nitrogens with one attached hydrogen (secondary N) is 1. The summed E-state index contributed by atoms with van der Waals surface area (Å²) in [5.41, 5.74) is 5.84. The van der Waals surface area contributed by atoms with Crippen molar-refractivity contribution in [1.82, 2.24) is 20.0 Å². The molecule has 3 N–H and O–H groups in total. The molecule has 3 amide bonds. The Bertz CT molecular complexity index is 3720. The standard InChI is InChI=1S/C22H25NO2.C17H17N.C12H11BO2.C11H16F3NO5S.C10H17NO3.C4H8O/c1-22(2,3)25-21(24)23-14-12-18(13-15-23)20-11-7-10-19(16-20)17-8-5-4-6-9-17;1-2-5-14(6-3-1)16-7-4-8-17(13-16)15-9-11-18-12-10-15;14-13(15)12-8-4-7-11(9-12)10-5-2-1-3-6-10;1-10(2,3)19-9(16)15-6-4-8(5-7-15)20-21(17,18)11(12,13)14;1-10(2,3)14-9(13)11-6-4-8(12)5-7-11;1-2-4-5-3-1/h4-12,16H,13-15H2,1-3H3;1-9,13,18H,10-12H2;1-9,14-15H;4H,5-7H2,1-3H3;4-7H2,1-3H3;1-4H2. The van der Waals surface area contributed by atoms with Crippen molar-refractivity contribution in [2.75, 3.05) is 65.6 Å². The van der Waals surface area contributed by atoms with Crippen LogP contribution in [0, 0.1) is 0 Å². The van der Waals surface area contributed by atoms with E-state index in [1.54, 1.807) is 42.7 Å². The van der Waals surface area contributed by atoms with E-state index in [2.05, 4.69) is 125 Å². The molecule has 0 saturated carbocycles. The maximum Gasteiger partial charge on any atom is 0.534 e. The van der Waals surface area contributed by atoms with Crippen molar-refractivity contribution in [3.63, 3.8) is 0 Å². The lowest BCUT2D eigenvalue weighted by molar-refractivity contribution is -0.121. The lowest BCUT2D eigenvalue weighted by Gasteiger charge is -2.29. The fourth-order valence-electron chi connectivity index (χ4n) is 10.1. The highest BCUT2D eigenvalue weighted by Crippen LogP contribution is 2.31. The number of hydrogen-bond acceptors (Lipinski definition) is 14. The minimum absolute atomic E-state index is 0.00806. The molecule has 2 fully saturated rings. The number of hydrogen-bond donors (Lipinski definition) is 3. The van der Waals surface area contributed by atoms with Gasteiger partial charge >= 0.3 is 41.0 Å². The molecule has 5 heterocycles. The molecule has 17 nitrogen and oxygen atoms in total. The molecule has 526 valence electrons. The smallest absolute Gasteiger partial charge is 0.444 e. The number of carbonyl (C=O) groups is 4. The zero-order chi connectivity index (χ0) is 71.5. The van der Waals surface area contributed by atoms with Crippen molar-refractivity contribution in [3.05, 3.63) is 199 Å². The molecule has 0 radical (unpaired) electrons. The van der Waals surface area contributed by atoms with Crippen molar-refractivity contribution >= 4 is 57.9 Å². The molecule has 0 aromatic heterocycles. The summed E-state index contributed by atoms with van der Waals surface area (Å²) in [6.07, 6.45) is 9.66. The van der Waals surface area contributed by atoms with Crippen LogP contribution in [0.2, 0.25) is 0 Å². The van der Waals surface area contributed by atoms with Gasteiger partial charge in [-0.1, -0.05) is 164 Å². The van der Waals surface area contributed by atoms with E-state index in [-0.39, 0.29) is 43.2 Å². The molecule has 0 bridgehead atoms. The van der Waals surface area contributed by atoms with E-state index in [0.29, 0.717) is 44.5 Å². The van der Waals surface area contributed by atoms with Crippen LogP contribution in [0.4, 0.5) is 27.6 Å². The molecule has 0 unspecified atom stereocenters. The first-order valence-electron chi connectivity index (χ1n) is 33.0. The van der Waals surface area contributed by atoms with Gasteiger partial charge in [-0.25, -0.2) is 14.4 Å². The topological polar surface area (TPSA) is 211 Å². The number of rotatable bonds is 8. The quantitative estimate of drug-likeness (QED) is 0.0560. The van der Waals surface area contributed by atoms with E-state index in [9.17, 15) is 40.8 Å². The predicted octanol–water partition coefficient (Wildman–Crippen LogP) is 14.9. The zero-order valence-electron chi connectivity index (χ0n) is 57.7. The zero-order valence-corrected chi connectivity index (χ0v) is 58.5. The van der Waals surface area contributed by atoms with E-state index in [4.69, 9.17) is 29.0 Å². The first-order valence-corrected chi connectivity index (χ1v) is 34.4. The first-order chi connectivity index (χ1) is 46.3. The molecule has 5 aliphatic rings. The van der Waals surface area contributed by atoms with Gasteiger partial charge in [0.25, 0.3) is 0 Å². The number of alkyl halides is 3. The SMILES string of the molecule is C1=C(c2cccc(-c3ccccc3)c2)CCNC1.C1CCOC1.CC(C)(C)OC(=O)N1CC=C(OS(=O)(=O)C(F)(F)F)CC1.CC(C)(C)OC(=O)N1CC=C(c2cccc(-c3ccccc3)c2)CC1.CC(C)(C)OC(=O)N1CCC(=O)CC1.OB(O)c1cccc(-c2ccccc2)c1. The Balaban J connectivity index is 0.000000192. The van der Waals surface area contributed by atoms with Gasteiger partial charge in [0, 0.05) is 78.3 Å². The number of likely N-dealkylation sites (tertiary alicyclic amines) is 1. The van der Waals surface area contributed by atoms with Gasteiger partial charge in [-0.05, 0) is 174 Å². The number of Topliss-reactive ketones (excluding diaryl/α,β-unsaturated/α-hetero) is 1. The number of nitrogens with zero attached hydrogens (tertiary/aromatic N) is 3. The normalized spacial score (nSPS) is 15.6. The van der Waals surface area contributed by atoms with Crippen molar-refractivity contribution in [1.29, 1.82) is 0 Å². The summed E-state index contributed by atoms with van der Waals surface area (Å²) in [5.74, 6) is -0.114. The van der Waals surface area contributed by atoms with Crippen LogP contribution in [0.25, 0.3) is 44.5 Å². The lowest BCUT2D eigenvalue weighted by atomic mass is 9.79. The van der Waals surface area contributed by atoms with Gasteiger partial charge in [0.2, 0.25) is 0 Å². The number of piperidine rings is 1. The Labute approximate surface area is 576 Å². The van der Waals surface area contributed by atoms with Crippen LogP contribution in [0.5, 0.6) is 0 Å². The van der Waals surface area contributed by atoms with Gasteiger partial charge in [0.15, 0.2) is 0 Å². The van der Waals surface area contributed by atoms with E-state index >= 15 is 0 Å². The maximum atomic E-state index is 12.2.